The molecule has 0 saturated heterocycles. The molecule has 0 radical (unpaired) electrons. The van der Waals surface area contributed by atoms with Crippen LogP contribution in [0.2, 0.25) is 10.2 Å². The molecule has 0 aliphatic rings. The van der Waals surface area contributed by atoms with Crippen molar-refractivity contribution in [2.75, 3.05) is 0 Å². The quantitative estimate of drug-likeness (QED) is 0.729. The fourth-order valence-electron chi connectivity index (χ4n) is 1.26. The number of halogens is 2. The predicted molar refractivity (Wildman–Crippen MR) is 52.7 cm³/mol. The number of aromatic carboxylic acids is 1. The number of nitrogens with zero attached hydrogens (tertiary/aromatic N) is 1. The van der Waals surface area contributed by atoms with Crippen LogP contribution in [0.5, 0.6) is 0 Å². The molecule has 5 heteroatoms. The monoisotopic (exact) mass is 232 g/mol. The van der Waals surface area contributed by atoms with Gasteiger partial charge in [-0.15, -0.1) is 0 Å². The van der Waals surface area contributed by atoms with E-state index in [2.05, 4.69) is 4.98 Å². The maximum absolute atomic E-state index is 10.7. The van der Waals surface area contributed by atoms with Gasteiger partial charge >= 0.3 is 0 Å². The summed E-state index contributed by atoms with van der Waals surface area (Å²) in [5.74, 6) is -1.40. The Morgan fingerprint density at radius 3 is 2.50 bits per heavy atom. The first-order chi connectivity index (χ1) is 6.49. The molecule has 1 rings (SSSR count). The predicted octanol–water partition coefficient (Wildman–Crippen LogP) is 1.62. The van der Waals surface area contributed by atoms with Gasteiger partial charge in [0.15, 0.2) is 0 Å². The SMILES string of the molecule is CCc1c(C)nc(Cl)c(C(=O)[O-])c1Cl. The maximum Gasteiger partial charge on any atom is 0.139 e. The highest BCUT2D eigenvalue weighted by atomic mass is 35.5. The van der Waals surface area contributed by atoms with E-state index in [9.17, 15) is 9.90 Å². The number of carbonyl (C=O) groups excluding carboxylic acids is 1. The fraction of sp³-hybridized carbons (Fsp3) is 0.333. The first-order valence-corrected chi connectivity index (χ1v) is 4.80. The molecule has 0 N–H and O–H groups in total. The number of carboxylic acids is 1. The van der Waals surface area contributed by atoms with E-state index in [-0.39, 0.29) is 15.7 Å². The average molecular weight is 233 g/mol. The molecule has 0 fully saturated rings. The number of rotatable bonds is 2. The minimum atomic E-state index is -1.40. The zero-order chi connectivity index (χ0) is 10.9. The van der Waals surface area contributed by atoms with Gasteiger partial charge in [-0.3, -0.25) is 0 Å². The Morgan fingerprint density at radius 1 is 1.50 bits per heavy atom. The topological polar surface area (TPSA) is 53.0 Å². The fourth-order valence-corrected chi connectivity index (χ4v) is 2.04. The summed E-state index contributed by atoms with van der Waals surface area (Å²) in [6.07, 6.45) is 0.606. The third kappa shape index (κ3) is 1.83. The second-order valence-corrected chi connectivity index (χ2v) is 3.53. The van der Waals surface area contributed by atoms with Gasteiger partial charge in [-0.2, -0.15) is 0 Å². The van der Waals surface area contributed by atoms with Crippen molar-refractivity contribution in [3.63, 3.8) is 0 Å². The van der Waals surface area contributed by atoms with Crippen LogP contribution in [-0.4, -0.2) is 11.0 Å². The molecule has 76 valence electrons. The maximum atomic E-state index is 10.7. The molecule has 0 bridgehead atoms. The van der Waals surface area contributed by atoms with E-state index in [1.807, 2.05) is 6.92 Å². The molecule has 0 saturated carbocycles. The first-order valence-electron chi connectivity index (χ1n) is 4.04. The normalized spacial score (nSPS) is 10.3. The molecular weight excluding hydrogens is 225 g/mol. The van der Waals surface area contributed by atoms with Gasteiger partial charge in [0.25, 0.3) is 0 Å². The van der Waals surface area contributed by atoms with Crippen LogP contribution < -0.4 is 5.11 Å². The minimum absolute atomic E-state index is 0.121. The third-order valence-electron chi connectivity index (χ3n) is 1.95. The largest absolute Gasteiger partial charge is 0.545 e. The number of carbonyl (C=O) groups is 1. The van der Waals surface area contributed by atoms with Crippen molar-refractivity contribution in [1.29, 1.82) is 0 Å². The second kappa shape index (κ2) is 4.15. The van der Waals surface area contributed by atoms with Crippen molar-refractivity contribution in [3.8, 4) is 0 Å². The number of aromatic nitrogens is 1. The molecule has 1 aromatic heterocycles. The molecule has 0 unspecified atom stereocenters. The average Bonchev–Trinajstić information content (AvgIpc) is 2.02. The summed E-state index contributed by atoms with van der Waals surface area (Å²) in [5, 5.41) is 10.7. The highest BCUT2D eigenvalue weighted by Gasteiger charge is 2.14. The van der Waals surface area contributed by atoms with Crippen LogP contribution in [0.15, 0.2) is 0 Å². The summed E-state index contributed by atoms with van der Waals surface area (Å²) in [6, 6.07) is 0. The highest BCUT2D eigenvalue weighted by Crippen LogP contribution is 2.28. The van der Waals surface area contributed by atoms with Gasteiger partial charge in [-0.05, 0) is 18.9 Å². The Labute approximate surface area is 91.7 Å². The number of hydrogen-bond donors (Lipinski definition) is 0. The standard InChI is InChI=1S/C9H9Cl2NO2/c1-3-5-4(2)12-8(11)6(7(5)10)9(13)14/h3H2,1-2H3,(H,13,14)/p-1. The molecule has 0 spiro atoms. The van der Waals surface area contributed by atoms with Gasteiger partial charge in [0.05, 0.1) is 16.6 Å². The molecule has 0 amide bonds. The summed E-state index contributed by atoms with van der Waals surface area (Å²) in [6.45, 7) is 3.60. The Bertz CT molecular complexity index is 391. The number of pyridine rings is 1. The van der Waals surface area contributed by atoms with Crippen LogP contribution >= 0.6 is 23.2 Å². The molecule has 0 aromatic carbocycles. The molecule has 1 heterocycles. The van der Waals surface area contributed by atoms with Gasteiger partial charge < -0.3 is 9.90 Å². The lowest BCUT2D eigenvalue weighted by Gasteiger charge is -2.12. The summed E-state index contributed by atoms with van der Waals surface area (Å²) < 4.78 is 0. The van der Waals surface area contributed by atoms with Crippen LogP contribution in [0, 0.1) is 6.92 Å². The van der Waals surface area contributed by atoms with E-state index in [1.165, 1.54) is 0 Å². The summed E-state index contributed by atoms with van der Waals surface area (Å²) >= 11 is 11.5. The Balaban J connectivity index is 3.52. The zero-order valence-corrected chi connectivity index (χ0v) is 9.24. The number of aryl methyl sites for hydroxylation is 1. The van der Waals surface area contributed by atoms with Crippen LogP contribution in [0.1, 0.15) is 28.5 Å². The van der Waals surface area contributed by atoms with E-state index in [1.54, 1.807) is 6.92 Å². The van der Waals surface area contributed by atoms with Gasteiger partial charge in [-0.1, -0.05) is 30.1 Å². The molecular formula is C9H8Cl2NO2-. The number of carboxylic acid groups (broad SMARTS) is 1. The third-order valence-corrected chi connectivity index (χ3v) is 2.64. The van der Waals surface area contributed by atoms with Crippen molar-refractivity contribution in [2.24, 2.45) is 0 Å². The second-order valence-electron chi connectivity index (χ2n) is 2.80. The molecule has 0 aliphatic heterocycles. The van der Waals surface area contributed by atoms with Crippen LogP contribution in [0.3, 0.4) is 0 Å². The van der Waals surface area contributed by atoms with E-state index in [4.69, 9.17) is 23.2 Å². The van der Waals surface area contributed by atoms with Crippen molar-refractivity contribution < 1.29 is 9.90 Å². The summed E-state index contributed by atoms with van der Waals surface area (Å²) in [4.78, 5) is 14.6. The van der Waals surface area contributed by atoms with Crippen molar-refractivity contribution in [2.45, 2.75) is 20.3 Å². The minimum Gasteiger partial charge on any atom is -0.545 e. The van der Waals surface area contributed by atoms with Crippen molar-refractivity contribution in [3.05, 3.63) is 27.0 Å². The van der Waals surface area contributed by atoms with Crippen LogP contribution in [0.4, 0.5) is 0 Å². The lowest BCUT2D eigenvalue weighted by Crippen LogP contribution is -2.24. The van der Waals surface area contributed by atoms with Crippen LogP contribution in [0.25, 0.3) is 0 Å². The Morgan fingerprint density at radius 2 is 2.07 bits per heavy atom. The zero-order valence-electron chi connectivity index (χ0n) is 7.73. The molecule has 0 aliphatic carbocycles. The lowest BCUT2D eigenvalue weighted by atomic mass is 10.1. The number of hydrogen-bond acceptors (Lipinski definition) is 3. The Kier molecular flexibility index (Phi) is 3.34. The summed E-state index contributed by atoms with van der Waals surface area (Å²) in [7, 11) is 0. The van der Waals surface area contributed by atoms with Gasteiger partial charge in [-0.25, -0.2) is 4.98 Å². The molecule has 14 heavy (non-hydrogen) atoms. The van der Waals surface area contributed by atoms with E-state index in [0.717, 1.165) is 0 Å². The summed E-state index contributed by atoms with van der Waals surface area (Å²) in [5.41, 5.74) is 1.11. The van der Waals surface area contributed by atoms with E-state index < -0.39 is 5.97 Å². The molecule has 1 aromatic rings. The van der Waals surface area contributed by atoms with E-state index >= 15 is 0 Å². The van der Waals surface area contributed by atoms with Gasteiger partial charge in [0, 0.05) is 5.69 Å². The van der Waals surface area contributed by atoms with Gasteiger partial charge in [0.1, 0.15) is 5.15 Å². The van der Waals surface area contributed by atoms with Crippen molar-refractivity contribution in [1.82, 2.24) is 4.98 Å². The van der Waals surface area contributed by atoms with Crippen molar-refractivity contribution >= 4 is 29.2 Å². The molecule has 0 atom stereocenters. The molecule has 3 nitrogen and oxygen atoms in total. The highest BCUT2D eigenvalue weighted by molar-refractivity contribution is 6.39. The first kappa shape index (κ1) is 11.3. The lowest BCUT2D eigenvalue weighted by molar-refractivity contribution is -0.255. The Hall–Kier alpha value is -0.800. The van der Waals surface area contributed by atoms with E-state index in [0.29, 0.717) is 17.7 Å². The van der Waals surface area contributed by atoms with Gasteiger partial charge in [0.2, 0.25) is 0 Å². The smallest absolute Gasteiger partial charge is 0.139 e. The van der Waals surface area contributed by atoms with Crippen LogP contribution in [-0.2, 0) is 6.42 Å².